The van der Waals surface area contributed by atoms with Crippen LogP contribution in [0.2, 0.25) is 0 Å². The molecular formula is C19H20N2O5S2. The summed E-state index contributed by atoms with van der Waals surface area (Å²) in [5.41, 5.74) is 1.14. The molecule has 2 aromatic carbocycles. The van der Waals surface area contributed by atoms with Gasteiger partial charge >= 0.3 is 0 Å². The van der Waals surface area contributed by atoms with Gasteiger partial charge in [0, 0.05) is 18.9 Å². The molecule has 9 heteroatoms. The molecule has 2 aromatic rings. The number of rotatable bonds is 6. The third-order valence-electron chi connectivity index (χ3n) is 4.24. The summed E-state index contributed by atoms with van der Waals surface area (Å²) < 4.78 is 51.5. The predicted octanol–water partition coefficient (Wildman–Crippen LogP) is 1.83. The molecule has 1 aliphatic rings. The van der Waals surface area contributed by atoms with E-state index in [-0.39, 0.29) is 16.6 Å². The van der Waals surface area contributed by atoms with E-state index < -0.39 is 25.9 Å². The Kier molecular flexibility index (Phi) is 5.57. The van der Waals surface area contributed by atoms with E-state index in [1.54, 1.807) is 42.5 Å². The van der Waals surface area contributed by atoms with E-state index >= 15 is 0 Å². The molecule has 7 nitrogen and oxygen atoms in total. The second-order valence-electron chi connectivity index (χ2n) is 6.42. The molecule has 28 heavy (non-hydrogen) atoms. The minimum Gasteiger partial charge on any atom is -0.352 e. The van der Waals surface area contributed by atoms with Crippen molar-refractivity contribution in [3.8, 4) is 0 Å². The van der Waals surface area contributed by atoms with Crippen molar-refractivity contribution in [3.63, 3.8) is 0 Å². The zero-order chi connectivity index (χ0) is 20.4. The topological polar surface area (TPSA) is 101 Å². The van der Waals surface area contributed by atoms with Gasteiger partial charge in [-0.15, -0.1) is 0 Å². The molecule has 0 aromatic heterocycles. The number of hydrogen-bond donors (Lipinski definition) is 1. The number of nitrogens with zero attached hydrogens (tertiary/aromatic N) is 1. The van der Waals surface area contributed by atoms with Crippen LogP contribution in [0, 0.1) is 0 Å². The van der Waals surface area contributed by atoms with Crippen LogP contribution in [0.1, 0.15) is 12.5 Å². The number of anilines is 1. The Bertz CT molecular complexity index is 1090. The Hall–Kier alpha value is -2.65. The average molecular weight is 421 g/mol. The van der Waals surface area contributed by atoms with Gasteiger partial charge in [-0.25, -0.2) is 16.8 Å². The van der Waals surface area contributed by atoms with Gasteiger partial charge in [-0.3, -0.25) is 9.10 Å². The molecule has 1 aliphatic heterocycles. The molecule has 0 fully saturated rings. The largest absolute Gasteiger partial charge is 0.352 e. The zero-order valence-corrected chi connectivity index (χ0v) is 16.8. The molecule has 3 rings (SSSR count). The highest BCUT2D eigenvalue weighted by molar-refractivity contribution is 7.95. The number of nitrogens with one attached hydrogen (secondary N) is 1. The molecule has 1 amide bonds. The first kappa shape index (κ1) is 20.1. The van der Waals surface area contributed by atoms with Gasteiger partial charge in [-0.1, -0.05) is 30.3 Å². The number of benzene rings is 2. The van der Waals surface area contributed by atoms with Crippen molar-refractivity contribution in [2.24, 2.45) is 0 Å². The number of sulfone groups is 1. The Morgan fingerprint density at radius 2 is 1.75 bits per heavy atom. The molecule has 1 heterocycles. The SMILES string of the molecule is CC(=O)NCc1ccc(S(=O)(=O)N(c2ccccc2)[C@@H]2C=CS(=O)(=O)C2)cc1. The summed E-state index contributed by atoms with van der Waals surface area (Å²) in [4.78, 5) is 11.1. The molecule has 0 saturated heterocycles. The van der Waals surface area contributed by atoms with E-state index in [9.17, 15) is 21.6 Å². The third kappa shape index (κ3) is 4.42. The van der Waals surface area contributed by atoms with Gasteiger partial charge in [0.25, 0.3) is 10.0 Å². The standard InChI is InChI=1S/C19H20N2O5S2/c1-15(22)20-13-16-7-9-19(10-8-16)28(25,26)21(17-5-3-2-4-6-17)18-11-12-27(23,24)14-18/h2-12,18H,13-14H2,1H3,(H,20,22)/t18-/m1/s1. The smallest absolute Gasteiger partial charge is 0.264 e. The Morgan fingerprint density at radius 3 is 2.29 bits per heavy atom. The molecule has 0 radical (unpaired) electrons. The summed E-state index contributed by atoms with van der Waals surface area (Å²) in [6.07, 6.45) is 1.39. The first-order chi connectivity index (χ1) is 13.2. The third-order valence-corrected chi connectivity index (χ3v) is 7.49. The lowest BCUT2D eigenvalue weighted by Crippen LogP contribution is -2.41. The lowest BCUT2D eigenvalue weighted by molar-refractivity contribution is -0.119. The molecular weight excluding hydrogens is 400 g/mol. The van der Waals surface area contributed by atoms with Crippen LogP contribution in [-0.4, -0.2) is 34.5 Å². The number of carbonyl (C=O) groups is 1. The zero-order valence-electron chi connectivity index (χ0n) is 15.1. The minimum atomic E-state index is -4.01. The van der Waals surface area contributed by atoms with E-state index in [1.807, 2.05) is 0 Å². The summed E-state index contributed by atoms with van der Waals surface area (Å²) in [5, 5.41) is 3.70. The minimum absolute atomic E-state index is 0.0422. The van der Waals surface area contributed by atoms with Crippen molar-refractivity contribution in [1.82, 2.24) is 5.32 Å². The highest BCUT2D eigenvalue weighted by Gasteiger charge is 2.35. The maximum atomic E-state index is 13.3. The molecule has 0 spiro atoms. The van der Waals surface area contributed by atoms with E-state index in [1.165, 1.54) is 25.1 Å². The Morgan fingerprint density at radius 1 is 1.11 bits per heavy atom. The highest BCUT2D eigenvalue weighted by atomic mass is 32.2. The van der Waals surface area contributed by atoms with Crippen LogP contribution in [0.3, 0.4) is 0 Å². The van der Waals surface area contributed by atoms with Crippen molar-refractivity contribution in [2.75, 3.05) is 10.1 Å². The maximum absolute atomic E-state index is 13.3. The van der Waals surface area contributed by atoms with Crippen molar-refractivity contribution >= 4 is 31.5 Å². The highest BCUT2D eigenvalue weighted by Crippen LogP contribution is 2.29. The summed E-state index contributed by atoms with van der Waals surface area (Å²) >= 11 is 0. The summed E-state index contributed by atoms with van der Waals surface area (Å²) in [6.45, 7) is 1.70. The molecule has 1 N–H and O–H groups in total. The second-order valence-corrected chi connectivity index (χ2v) is 10.2. The summed E-state index contributed by atoms with van der Waals surface area (Å²) in [5.74, 6) is -0.483. The van der Waals surface area contributed by atoms with Crippen LogP contribution in [0.15, 0.2) is 71.0 Å². The summed E-state index contributed by atoms with van der Waals surface area (Å²) in [6, 6.07) is 13.7. The monoisotopic (exact) mass is 420 g/mol. The summed E-state index contributed by atoms with van der Waals surface area (Å²) in [7, 11) is -7.45. The number of carbonyl (C=O) groups excluding carboxylic acids is 1. The van der Waals surface area contributed by atoms with Gasteiger partial charge < -0.3 is 5.32 Å². The van der Waals surface area contributed by atoms with Gasteiger partial charge in [0.2, 0.25) is 5.91 Å². The number of amides is 1. The molecule has 0 saturated carbocycles. The number of sulfonamides is 1. The van der Waals surface area contributed by atoms with Gasteiger partial charge in [0.1, 0.15) is 0 Å². The van der Waals surface area contributed by atoms with Gasteiger partial charge in [0.15, 0.2) is 9.84 Å². The maximum Gasteiger partial charge on any atom is 0.264 e. The first-order valence-corrected chi connectivity index (χ1v) is 11.7. The second kappa shape index (κ2) is 7.76. The van der Waals surface area contributed by atoms with Crippen molar-refractivity contribution < 1.29 is 21.6 Å². The quantitative estimate of drug-likeness (QED) is 0.768. The Balaban J connectivity index is 1.97. The van der Waals surface area contributed by atoms with E-state index in [2.05, 4.69) is 5.32 Å². The fourth-order valence-corrected chi connectivity index (χ4v) is 5.88. The van der Waals surface area contributed by atoms with E-state index in [0.717, 1.165) is 15.3 Å². The normalized spacial score (nSPS) is 18.0. The van der Waals surface area contributed by atoms with Gasteiger partial charge in [-0.05, 0) is 35.9 Å². The van der Waals surface area contributed by atoms with Crippen molar-refractivity contribution in [2.45, 2.75) is 24.4 Å². The lowest BCUT2D eigenvalue weighted by Gasteiger charge is -2.29. The van der Waals surface area contributed by atoms with Crippen LogP contribution < -0.4 is 9.62 Å². The fraction of sp³-hybridized carbons (Fsp3) is 0.211. The number of hydrogen-bond acceptors (Lipinski definition) is 5. The Labute approximate surface area is 164 Å². The number of para-hydroxylation sites is 1. The van der Waals surface area contributed by atoms with Crippen LogP contribution >= 0.6 is 0 Å². The van der Waals surface area contributed by atoms with Crippen LogP contribution in [0.4, 0.5) is 5.69 Å². The first-order valence-electron chi connectivity index (χ1n) is 8.53. The van der Waals surface area contributed by atoms with Gasteiger partial charge in [0.05, 0.1) is 22.4 Å². The van der Waals surface area contributed by atoms with Crippen LogP contribution in [0.25, 0.3) is 0 Å². The average Bonchev–Trinajstić information content (AvgIpc) is 3.00. The molecule has 1 atom stereocenters. The van der Waals surface area contributed by atoms with Gasteiger partial charge in [-0.2, -0.15) is 0 Å². The van der Waals surface area contributed by atoms with Crippen molar-refractivity contribution in [1.29, 1.82) is 0 Å². The van der Waals surface area contributed by atoms with E-state index in [0.29, 0.717) is 12.2 Å². The lowest BCUT2D eigenvalue weighted by atomic mass is 10.2. The van der Waals surface area contributed by atoms with E-state index in [4.69, 9.17) is 0 Å². The molecule has 0 unspecified atom stereocenters. The van der Waals surface area contributed by atoms with Crippen molar-refractivity contribution in [3.05, 3.63) is 71.6 Å². The molecule has 148 valence electrons. The predicted molar refractivity (Wildman–Crippen MR) is 107 cm³/mol. The molecule has 0 bridgehead atoms. The molecule has 0 aliphatic carbocycles. The van der Waals surface area contributed by atoms with Crippen LogP contribution in [-0.2, 0) is 31.2 Å². The fourth-order valence-electron chi connectivity index (χ4n) is 2.91. The van der Waals surface area contributed by atoms with Crippen LogP contribution in [0.5, 0.6) is 0 Å².